The van der Waals surface area contributed by atoms with Crippen molar-refractivity contribution in [1.82, 2.24) is 4.90 Å². The van der Waals surface area contributed by atoms with Crippen LogP contribution in [0, 0.1) is 12.8 Å². The number of rotatable bonds is 9. The molecule has 2 heterocycles. The number of carbonyl (C=O) groups excluding carboxylic acids is 2. The molecule has 0 N–H and O–H groups in total. The number of hydrogen-bond acceptors (Lipinski definition) is 5. The van der Waals surface area contributed by atoms with E-state index in [1.165, 1.54) is 24.1 Å². The van der Waals surface area contributed by atoms with Crippen molar-refractivity contribution in [2.75, 3.05) is 37.7 Å². The zero-order valence-electron chi connectivity index (χ0n) is 22.1. The summed E-state index contributed by atoms with van der Waals surface area (Å²) in [6.07, 6.45) is 9.31. The summed E-state index contributed by atoms with van der Waals surface area (Å²) in [5, 5.41) is 0. The Kier molecular flexibility index (Phi) is 8.61. The summed E-state index contributed by atoms with van der Waals surface area (Å²) in [6, 6.07) is 4.90. The van der Waals surface area contributed by atoms with E-state index in [2.05, 4.69) is 41.9 Å². The zero-order chi connectivity index (χ0) is 24.9. The van der Waals surface area contributed by atoms with E-state index in [4.69, 9.17) is 4.74 Å². The Labute approximate surface area is 211 Å². The van der Waals surface area contributed by atoms with Crippen LogP contribution >= 0.6 is 0 Å². The molecule has 0 saturated carbocycles. The number of hydrogen-bond donors (Lipinski definition) is 0. The van der Waals surface area contributed by atoms with Gasteiger partial charge < -0.3 is 9.64 Å². The highest BCUT2D eigenvalue weighted by Gasteiger charge is 2.27. The molecule has 1 aromatic rings. The molecule has 2 fully saturated rings. The third-order valence-electron chi connectivity index (χ3n) is 8.01. The van der Waals surface area contributed by atoms with Gasteiger partial charge in [-0.05, 0) is 108 Å². The predicted octanol–water partition coefficient (Wildman–Crippen LogP) is 5.65. The average Bonchev–Trinajstić information content (AvgIpc) is 3.34. The highest BCUT2D eigenvalue weighted by molar-refractivity contribution is 6.00. The molecule has 0 amide bonds. The van der Waals surface area contributed by atoms with Crippen molar-refractivity contribution >= 4 is 17.3 Å². The Hall–Kier alpha value is -2.24. The van der Waals surface area contributed by atoms with Crippen molar-refractivity contribution in [2.45, 2.75) is 78.8 Å². The first-order valence-electron chi connectivity index (χ1n) is 13.5. The summed E-state index contributed by atoms with van der Waals surface area (Å²) < 4.78 is 5.62. The highest BCUT2D eigenvalue weighted by atomic mass is 16.5. The summed E-state index contributed by atoms with van der Waals surface area (Å²) in [5.74, 6) is 0.110. The van der Waals surface area contributed by atoms with Crippen molar-refractivity contribution in [1.29, 1.82) is 0 Å². The molecule has 1 aromatic carbocycles. The van der Waals surface area contributed by atoms with Crippen LogP contribution in [-0.2, 0) is 16.1 Å². The lowest BCUT2D eigenvalue weighted by Gasteiger charge is -2.37. The second-order valence-electron chi connectivity index (χ2n) is 10.6. The van der Waals surface area contributed by atoms with Gasteiger partial charge in [0.25, 0.3) is 0 Å². The van der Waals surface area contributed by atoms with Gasteiger partial charge in [0.15, 0.2) is 11.6 Å². The van der Waals surface area contributed by atoms with E-state index in [0.717, 1.165) is 74.5 Å². The van der Waals surface area contributed by atoms with E-state index in [-0.39, 0.29) is 17.5 Å². The van der Waals surface area contributed by atoms with Crippen LogP contribution in [0.5, 0.6) is 0 Å². The van der Waals surface area contributed by atoms with Gasteiger partial charge in [0.05, 0.1) is 0 Å². The first-order chi connectivity index (χ1) is 16.9. The fraction of sp³-hybridized carbons (Fsp3) is 0.600. The van der Waals surface area contributed by atoms with Crippen LogP contribution in [0.25, 0.3) is 0 Å². The van der Waals surface area contributed by atoms with E-state index >= 15 is 0 Å². The molecule has 190 valence electrons. The minimum absolute atomic E-state index is 0.132. The first kappa shape index (κ1) is 25.8. The van der Waals surface area contributed by atoms with Crippen molar-refractivity contribution in [2.24, 2.45) is 5.92 Å². The standard InChI is InChI=1S/C30H42N2O3/c1-5-32(25-10-14-35-15-11-25)28-19-24(20-31-12-6-7-13-31)18-27(23(28)4)29(33)9-8-26-22(3)16-21(2)17-30(26)34/h16-19,25-26H,5-15,20H2,1-4H3. The lowest BCUT2D eigenvalue weighted by Crippen LogP contribution is -2.40. The van der Waals surface area contributed by atoms with Crippen LogP contribution < -0.4 is 4.90 Å². The van der Waals surface area contributed by atoms with Gasteiger partial charge in [-0.3, -0.25) is 14.5 Å². The van der Waals surface area contributed by atoms with Crippen LogP contribution in [0.3, 0.4) is 0 Å². The minimum atomic E-state index is -0.176. The largest absolute Gasteiger partial charge is 0.381 e. The van der Waals surface area contributed by atoms with Crippen LogP contribution in [0.4, 0.5) is 5.69 Å². The number of allylic oxidation sites excluding steroid dienone is 4. The molecule has 0 bridgehead atoms. The van der Waals surface area contributed by atoms with Crippen LogP contribution in [-0.4, -0.2) is 55.4 Å². The quantitative estimate of drug-likeness (QED) is 0.429. The van der Waals surface area contributed by atoms with Gasteiger partial charge in [0, 0.05) is 55.9 Å². The molecule has 1 atom stereocenters. The summed E-state index contributed by atoms with van der Waals surface area (Å²) in [5.41, 5.74) is 6.40. The lowest BCUT2D eigenvalue weighted by molar-refractivity contribution is -0.117. The summed E-state index contributed by atoms with van der Waals surface area (Å²) in [4.78, 5) is 31.2. The molecule has 0 radical (unpaired) electrons. The van der Waals surface area contributed by atoms with E-state index in [1.807, 2.05) is 13.8 Å². The smallest absolute Gasteiger partial charge is 0.163 e. The van der Waals surface area contributed by atoms with Gasteiger partial charge >= 0.3 is 0 Å². The Balaban J connectivity index is 1.60. The van der Waals surface area contributed by atoms with Crippen molar-refractivity contribution in [3.8, 4) is 0 Å². The minimum Gasteiger partial charge on any atom is -0.381 e. The molecule has 2 aliphatic heterocycles. The van der Waals surface area contributed by atoms with Crippen LogP contribution in [0.2, 0.25) is 0 Å². The average molecular weight is 479 g/mol. The summed E-state index contributed by atoms with van der Waals surface area (Å²) >= 11 is 0. The van der Waals surface area contributed by atoms with Crippen LogP contribution in [0.15, 0.2) is 35.4 Å². The molecule has 3 aliphatic rings. The number of ether oxygens (including phenoxy) is 1. The lowest BCUT2D eigenvalue weighted by atomic mass is 9.84. The van der Waals surface area contributed by atoms with E-state index in [9.17, 15) is 9.59 Å². The van der Waals surface area contributed by atoms with Gasteiger partial charge in [0.2, 0.25) is 0 Å². The number of anilines is 1. The summed E-state index contributed by atoms with van der Waals surface area (Å²) in [6.45, 7) is 14.0. The Morgan fingerprint density at radius 2 is 1.80 bits per heavy atom. The van der Waals surface area contributed by atoms with Gasteiger partial charge in [0.1, 0.15) is 0 Å². The number of carbonyl (C=O) groups is 2. The molecule has 4 rings (SSSR count). The number of ketones is 2. The second-order valence-corrected chi connectivity index (χ2v) is 10.6. The molecule has 1 aliphatic carbocycles. The number of nitrogens with zero attached hydrogens (tertiary/aromatic N) is 2. The fourth-order valence-electron chi connectivity index (χ4n) is 6.09. The maximum absolute atomic E-state index is 13.6. The van der Waals surface area contributed by atoms with Crippen molar-refractivity contribution in [3.05, 3.63) is 52.1 Å². The number of benzene rings is 1. The monoisotopic (exact) mass is 478 g/mol. The van der Waals surface area contributed by atoms with Gasteiger partial charge in [-0.15, -0.1) is 0 Å². The second kappa shape index (κ2) is 11.7. The number of likely N-dealkylation sites (tertiary alicyclic amines) is 1. The maximum Gasteiger partial charge on any atom is 0.163 e. The molecular formula is C30H42N2O3. The molecule has 0 spiro atoms. The molecule has 5 nitrogen and oxygen atoms in total. The Morgan fingerprint density at radius 1 is 1.09 bits per heavy atom. The predicted molar refractivity (Wildman–Crippen MR) is 142 cm³/mol. The fourth-order valence-corrected chi connectivity index (χ4v) is 6.09. The van der Waals surface area contributed by atoms with E-state index < -0.39 is 0 Å². The maximum atomic E-state index is 13.6. The number of Topliss-reactive ketones (excluding diaryl/α,β-unsaturated/α-hetero) is 1. The van der Waals surface area contributed by atoms with Crippen molar-refractivity contribution in [3.63, 3.8) is 0 Å². The first-order valence-corrected chi connectivity index (χ1v) is 13.5. The van der Waals surface area contributed by atoms with E-state index in [1.54, 1.807) is 6.08 Å². The molecule has 1 unspecified atom stereocenters. The van der Waals surface area contributed by atoms with E-state index in [0.29, 0.717) is 18.9 Å². The molecule has 2 saturated heterocycles. The molecule has 0 aromatic heterocycles. The highest BCUT2D eigenvalue weighted by Crippen LogP contribution is 2.32. The molecule has 35 heavy (non-hydrogen) atoms. The topological polar surface area (TPSA) is 49.9 Å². The van der Waals surface area contributed by atoms with Gasteiger partial charge in [-0.1, -0.05) is 11.6 Å². The summed E-state index contributed by atoms with van der Waals surface area (Å²) in [7, 11) is 0. The van der Waals surface area contributed by atoms with Crippen LogP contribution in [0.1, 0.15) is 80.8 Å². The molecular weight excluding hydrogens is 436 g/mol. The van der Waals surface area contributed by atoms with Gasteiger partial charge in [-0.2, -0.15) is 0 Å². The van der Waals surface area contributed by atoms with Crippen molar-refractivity contribution < 1.29 is 14.3 Å². The third kappa shape index (κ3) is 6.13. The normalized spacial score (nSPS) is 21.7. The van der Waals surface area contributed by atoms with Gasteiger partial charge in [-0.25, -0.2) is 0 Å². The third-order valence-corrected chi connectivity index (χ3v) is 8.01. The molecule has 5 heteroatoms. The Bertz CT molecular complexity index is 997. The Morgan fingerprint density at radius 3 is 2.46 bits per heavy atom. The SMILES string of the molecule is CCN(c1cc(CN2CCCC2)cc(C(=O)CCC2C(=O)C=C(C)C=C2C)c1C)C1CCOCC1. The zero-order valence-corrected chi connectivity index (χ0v) is 22.1.